The Bertz CT molecular complexity index is 641. The number of hydrogen-bond acceptors (Lipinski definition) is 4. The van der Waals surface area contributed by atoms with Crippen molar-refractivity contribution in [2.75, 3.05) is 13.2 Å². The lowest BCUT2D eigenvalue weighted by molar-refractivity contribution is 0.304. The summed E-state index contributed by atoms with van der Waals surface area (Å²) in [6, 6.07) is 17.6. The summed E-state index contributed by atoms with van der Waals surface area (Å²) in [5, 5.41) is 8.47. The van der Waals surface area contributed by atoms with Gasteiger partial charge in [0.2, 0.25) is 0 Å². The molecule has 0 aromatic heterocycles. The maximum atomic E-state index is 5.82. The van der Waals surface area contributed by atoms with E-state index in [9.17, 15) is 0 Å². The quantitative estimate of drug-likeness (QED) is 0.259. The van der Waals surface area contributed by atoms with Gasteiger partial charge >= 0.3 is 0 Å². The van der Waals surface area contributed by atoms with Crippen LogP contribution in [0.3, 0.4) is 0 Å². The molecule has 152 valence electrons. The summed E-state index contributed by atoms with van der Waals surface area (Å²) < 4.78 is 5.82. The van der Waals surface area contributed by atoms with E-state index in [4.69, 9.17) is 10.5 Å². The molecule has 2 N–H and O–H groups in total. The summed E-state index contributed by atoms with van der Waals surface area (Å²) in [6.07, 6.45) is 12.9. The molecule has 4 heteroatoms. The first kappa shape index (κ1) is 22.1. The van der Waals surface area contributed by atoms with Gasteiger partial charge in [0.1, 0.15) is 5.75 Å². The first-order chi connectivity index (χ1) is 13.9. The fourth-order valence-corrected chi connectivity index (χ4v) is 3.07. The van der Waals surface area contributed by atoms with Crippen LogP contribution in [0, 0.1) is 0 Å². The molecule has 28 heavy (non-hydrogen) atoms. The summed E-state index contributed by atoms with van der Waals surface area (Å²) in [5.41, 5.74) is 7.20. The van der Waals surface area contributed by atoms with Crippen molar-refractivity contribution in [3.63, 3.8) is 0 Å². The number of azo groups is 1. The second-order valence-electron chi connectivity index (χ2n) is 7.20. The standard InChI is InChI=1S/C24H35N3O/c25-20-12-7-5-3-1-2-4-6-8-13-21-28-24-18-16-23(17-19-24)27-26-22-14-10-9-11-15-22/h9-11,14-19H,1-8,12-13,20-21,25H2. The van der Waals surface area contributed by atoms with Crippen molar-refractivity contribution in [3.8, 4) is 5.75 Å². The third kappa shape index (κ3) is 10.2. The molecule has 0 aliphatic heterocycles. The Morgan fingerprint density at radius 3 is 1.64 bits per heavy atom. The van der Waals surface area contributed by atoms with E-state index in [1.165, 1.54) is 57.8 Å². The minimum Gasteiger partial charge on any atom is -0.494 e. The van der Waals surface area contributed by atoms with Gasteiger partial charge in [-0.25, -0.2) is 0 Å². The van der Waals surface area contributed by atoms with Crippen LogP contribution in [-0.2, 0) is 0 Å². The van der Waals surface area contributed by atoms with Crippen molar-refractivity contribution in [1.82, 2.24) is 0 Å². The Labute approximate surface area is 170 Å². The highest BCUT2D eigenvalue weighted by atomic mass is 16.5. The van der Waals surface area contributed by atoms with Gasteiger partial charge in [-0.05, 0) is 55.8 Å². The zero-order chi connectivity index (χ0) is 19.7. The molecule has 0 aliphatic carbocycles. The predicted molar refractivity (Wildman–Crippen MR) is 118 cm³/mol. The van der Waals surface area contributed by atoms with Gasteiger partial charge in [0.15, 0.2) is 0 Å². The third-order valence-electron chi connectivity index (χ3n) is 4.74. The molecule has 0 spiro atoms. The smallest absolute Gasteiger partial charge is 0.119 e. The van der Waals surface area contributed by atoms with Gasteiger partial charge in [-0.15, -0.1) is 0 Å². The minimum atomic E-state index is 0.782. The lowest BCUT2D eigenvalue weighted by Crippen LogP contribution is -1.97. The van der Waals surface area contributed by atoms with Gasteiger partial charge in [-0.3, -0.25) is 0 Å². The summed E-state index contributed by atoms with van der Waals surface area (Å²) in [5.74, 6) is 0.899. The molecule has 0 radical (unpaired) electrons. The molecule has 4 nitrogen and oxygen atoms in total. The van der Waals surface area contributed by atoms with E-state index < -0.39 is 0 Å². The zero-order valence-electron chi connectivity index (χ0n) is 17.1. The zero-order valence-corrected chi connectivity index (χ0v) is 17.1. The van der Waals surface area contributed by atoms with Crippen molar-refractivity contribution in [2.45, 2.75) is 64.2 Å². The second kappa shape index (κ2) is 14.8. The third-order valence-corrected chi connectivity index (χ3v) is 4.74. The highest BCUT2D eigenvalue weighted by Gasteiger charge is 1.97. The molecule has 2 rings (SSSR count). The number of unbranched alkanes of at least 4 members (excludes halogenated alkanes) is 9. The molecule has 0 saturated heterocycles. The average Bonchev–Trinajstić information content (AvgIpc) is 2.74. The topological polar surface area (TPSA) is 60.0 Å². The largest absolute Gasteiger partial charge is 0.494 e. The summed E-state index contributed by atoms with van der Waals surface area (Å²) in [6.45, 7) is 1.62. The van der Waals surface area contributed by atoms with Crippen molar-refractivity contribution in [1.29, 1.82) is 0 Å². The first-order valence-electron chi connectivity index (χ1n) is 10.8. The average molecular weight is 382 g/mol. The van der Waals surface area contributed by atoms with Gasteiger partial charge in [0, 0.05) is 0 Å². The normalized spacial score (nSPS) is 11.2. The van der Waals surface area contributed by atoms with E-state index >= 15 is 0 Å². The van der Waals surface area contributed by atoms with E-state index in [-0.39, 0.29) is 0 Å². The first-order valence-corrected chi connectivity index (χ1v) is 10.8. The van der Waals surface area contributed by atoms with E-state index in [2.05, 4.69) is 10.2 Å². The molecular weight excluding hydrogens is 346 g/mol. The van der Waals surface area contributed by atoms with Crippen molar-refractivity contribution in [2.24, 2.45) is 16.0 Å². The number of hydrogen-bond donors (Lipinski definition) is 1. The van der Waals surface area contributed by atoms with Crippen molar-refractivity contribution < 1.29 is 4.74 Å². The van der Waals surface area contributed by atoms with Crippen LogP contribution in [0.5, 0.6) is 5.75 Å². The molecule has 0 amide bonds. The molecule has 2 aromatic rings. The summed E-state index contributed by atoms with van der Waals surface area (Å²) in [4.78, 5) is 0. The Hall–Kier alpha value is -2.20. The molecule has 0 atom stereocenters. The van der Waals surface area contributed by atoms with E-state index in [0.717, 1.165) is 36.7 Å². The Morgan fingerprint density at radius 2 is 1.07 bits per heavy atom. The van der Waals surface area contributed by atoms with Crippen LogP contribution in [0.2, 0.25) is 0 Å². The van der Waals surface area contributed by atoms with E-state index in [1.807, 2.05) is 54.6 Å². The number of rotatable bonds is 15. The highest BCUT2D eigenvalue weighted by Crippen LogP contribution is 2.21. The maximum absolute atomic E-state index is 5.82. The lowest BCUT2D eigenvalue weighted by Gasteiger charge is -2.06. The van der Waals surface area contributed by atoms with Crippen LogP contribution in [0.15, 0.2) is 64.8 Å². The molecule has 0 bridgehead atoms. The number of nitrogens with two attached hydrogens (primary N) is 1. The van der Waals surface area contributed by atoms with Crippen LogP contribution < -0.4 is 10.5 Å². The van der Waals surface area contributed by atoms with Gasteiger partial charge in [-0.2, -0.15) is 10.2 Å². The summed E-state index contributed by atoms with van der Waals surface area (Å²) in [7, 11) is 0. The van der Waals surface area contributed by atoms with Crippen molar-refractivity contribution in [3.05, 3.63) is 54.6 Å². The predicted octanol–water partition coefficient (Wildman–Crippen LogP) is 7.34. The number of nitrogens with zero attached hydrogens (tertiary/aromatic N) is 2. The molecule has 0 saturated carbocycles. The fourth-order valence-electron chi connectivity index (χ4n) is 3.07. The Balaban J connectivity index is 1.49. The Kier molecular flexibility index (Phi) is 11.7. The molecule has 2 aromatic carbocycles. The van der Waals surface area contributed by atoms with Crippen LogP contribution in [0.25, 0.3) is 0 Å². The van der Waals surface area contributed by atoms with E-state index in [1.54, 1.807) is 0 Å². The van der Waals surface area contributed by atoms with Gasteiger partial charge in [0.05, 0.1) is 18.0 Å². The minimum absolute atomic E-state index is 0.782. The number of ether oxygens (including phenoxy) is 1. The van der Waals surface area contributed by atoms with Gasteiger partial charge in [-0.1, -0.05) is 69.6 Å². The number of benzene rings is 2. The fraction of sp³-hybridized carbons (Fsp3) is 0.500. The van der Waals surface area contributed by atoms with Crippen LogP contribution in [0.4, 0.5) is 11.4 Å². The van der Waals surface area contributed by atoms with Gasteiger partial charge < -0.3 is 10.5 Å². The van der Waals surface area contributed by atoms with Gasteiger partial charge in [0.25, 0.3) is 0 Å². The SMILES string of the molecule is NCCCCCCCCCCCCOc1ccc(N=Nc2ccccc2)cc1. The molecule has 0 unspecified atom stereocenters. The van der Waals surface area contributed by atoms with Crippen LogP contribution in [-0.4, -0.2) is 13.2 Å². The van der Waals surface area contributed by atoms with E-state index in [0.29, 0.717) is 0 Å². The molecule has 0 aliphatic rings. The molecule has 0 heterocycles. The highest BCUT2D eigenvalue weighted by molar-refractivity contribution is 5.42. The van der Waals surface area contributed by atoms with Crippen LogP contribution >= 0.6 is 0 Å². The monoisotopic (exact) mass is 381 g/mol. The molecule has 0 fully saturated rings. The maximum Gasteiger partial charge on any atom is 0.119 e. The second-order valence-corrected chi connectivity index (χ2v) is 7.20. The summed E-state index contributed by atoms with van der Waals surface area (Å²) >= 11 is 0. The van der Waals surface area contributed by atoms with Crippen molar-refractivity contribution >= 4 is 11.4 Å². The Morgan fingerprint density at radius 1 is 0.571 bits per heavy atom. The van der Waals surface area contributed by atoms with Crippen LogP contribution in [0.1, 0.15) is 64.2 Å². The molecular formula is C24H35N3O. The lowest BCUT2D eigenvalue weighted by atomic mass is 10.1.